The van der Waals surface area contributed by atoms with Gasteiger partial charge < -0.3 is 19.0 Å². The minimum Gasteiger partial charge on any atom is -0.486 e. The van der Waals surface area contributed by atoms with Gasteiger partial charge in [0.15, 0.2) is 5.76 Å². The van der Waals surface area contributed by atoms with Crippen molar-refractivity contribution in [1.29, 1.82) is 0 Å². The number of furan rings is 1. The number of piperidine rings is 1. The highest BCUT2D eigenvalue weighted by molar-refractivity contribution is 5.91. The summed E-state index contributed by atoms with van der Waals surface area (Å²) in [6, 6.07) is 19.7. The van der Waals surface area contributed by atoms with E-state index in [1.54, 1.807) is 24.3 Å². The number of rotatable bonds is 5. The monoisotopic (exact) mass is 418 g/mol. The smallest absolute Gasteiger partial charge is 0.289 e. The van der Waals surface area contributed by atoms with Crippen LogP contribution in [0.4, 0.5) is 4.39 Å². The fourth-order valence-corrected chi connectivity index (χ4v) is 4.12. The molecule has 31 heavy (non-hydrogen) atoms. The Balaban J connectivity index is 1.17. The van der Waals surface area contributed by atoms with E-state index in [9.17, 15) is 9.18 Å². The Morgan fingerprint density at radius 1 is 1.06 bits per heavy atom. The number of aromatic nitrogens is 1. The molecule has 5 rings (SSSR count). The quantitative estimate of drug-likeness (QED) is 0.466. The summed E-state index contributed by atoms with van der Waals surface area (Å²) in [6.07, 6.45) is 1.83. The number of carbonyl (C=O) groups excluding carboxylic acids is 1. The molecule has 1 N–H and O–H groups in total. The Bertz CT molecular complexity index is 1150. The second-order valence-electron chi connectivity index (χ2n) is 7.89. The maximum Gasteiger partial charge on any atom is 0.289 e. The largest absolute Gasteiger partial charge is 0.486 e. The van der Waals surface area contributed by atoms with Gasteiger partial charge in [-0.05, 0) is 66.8 Å². The molecule has 1 aliphatic rings. The summed E-state index contributed by atoms with van der Waals surface area (Å²) >= 11 is 0. The number of nitrogens with zero attached hydrogens (tertiary/aromatic N) is 1. The number of hydrogen-bond donors (Lipinski definition) is 1. The van der Waals surface area contributed by atoms with Gasteiger partial charge in [-0.15, -0.1) is 0 Å². The lowest BCUT2D eigenvalue weighted by atomic mass is 9.93. The van der Waals surface area contributed by atoms with Crippen LogP contribution in [0.5, 0.6) is 5.75 Å². The normalized spacial score (nSPS) is 14.8. The van der Waals surface area contributed by atoms with Crippen LogP contribution in [0.15, 0.2) is 71.1 Å². The second kappa shape index (κ2) is 8.30. The third-order valence-corrected chi connectivity index (χ3v) is 5.84. The van der Waals surface area contributed by atoms with E-state index in [1.807, 2.05) is 17.0 Å². The number of benzene rings is 2. The lowest BCUT2D eigenvalue weighted by Crippen LogP contribution is -2.37. The van der Waals surface area contributed by atoms with Crippen LogP contribution in [0.3, 0.4) is 0 Å². The molecule has 4 aromatic rings. The van der Waals surface area contributed by atoms with Gasteiger partial charge in [-0.2, -0.15) is 0 Å². The summed E-state index contributed by atoms with van der Waals surface area (Å²) in [6.45, 7) is 1.57. The number of fused-ring (bicyclic) bond motifs is 1. The Morgan fingerprint density at radius 3 is 2.61 bits per heavy atom. The molecular formula is C25H23FN2O3. The van der Waals surface area contributed by atoms with Crippen molar-refractivity contribution in [2.24, 2.45) is 0 Å². The first-order chi connectivity index (χ1) is 15.2. The van der Waals surface area contributed by atoms with Crippen molar-refractivity contribution < 1.29 is 18.3 Å². The molecule has 2 aromatic heterocycles. The number of H-pyrrole nitrogens is 1. The minimum atomic E-state index is -0.313. The van der Waals surface area contributed by atoms with Crippen molar-refractivity contribution in [2.45, 2.75) is 25.4 Å². The van der Waals surface area contributed by atoms with Crippen molar-refractivity contribution >= 4 is 16.8 Å². The molecular weight excluding hydrogens is 395 g/mol. The SMILES string of the molecule is O=C(c1ccc(COc2ccc(F)cc2)o1)N1CCC(c2cc3ccccc3[nH]2)CC1. The van der Waals surface area contributed by atoms with Gasteiger partial charge in [0.05, 0.1) is 0 Å². The fraction of sp³-hybridized carbons (Fsp3) is 0.240. The lowest BCUT2D eigenvalue weighted by molar-refractivity contribution is 0.0676. The summed E-state index contributed by atoms with van der Waals surface area (Å²) in [5.74, 6) is 1.44. The highest BCUT2D eigenvalue weighted by Crippen LogP contribution is 2.30. The highest BCUT2D eigenvalue weighted by atomic mass is 19.1. The number of halogens is 1. The van der Waals surface area contributed by atoms with Crippen LogP contribution in [0.25, 0.3) is 10.9 Å². The van der Waals surface area contributed by atoms with Gasteiger partial charge >= 0.3 is 0 Å². The molecule has 1 fully saturated rings. The summed E-state index contributed by atoms with van der Waals surface area (Å²) in [4.78, 5) is 18.2. The van der Waals surface area contributed by atoms with Crippen molar-refractivity contribution in [1.82, 2.24) is 9.88 Å². The van der Waals surface area contributed by atoms with Crippen LogP contribution in [-0.2, 0) is 6.61 Å². The van der Waals surface area contributed by atoms with Gasteiger partial charge in [0.1, 0.15) is 23.9 Å². The first-order valence-electron chi connectivity index (χ1n) is 10.5. The van der Waals surface area contributed by atoms with Crippen molar-refractivity contribution in [2.75, 3.05) is 13.1 Å². The molecule has 6 heteroatoms. The molecule has 0 aliphatic carbocycles. The Labute approximate surface area is 179 Å². The zero-order valence-corrected chi connectivity index (χ0v) is 17.0. The molecule has 0 unspecified atom stereocenters. The van der Waals surface area contributed by atoms with E-state index in [1.165, 1.54) is 23.2 Å². The van der Waals surface area contributed by atoms with E-state index in [0.717, 1.165) is 18.4 Å². The molecule has 1 saturated heterocycles. The minimum absolute atomic E-state index is 0.0943. The molecule has 0 bridgehead atoms. The van der Waals surface area contributed by atoms with Crippen molar-refractivity contribution in [3.05, 3.63) is 89.8 Å². The standard InChI is InChI=1S/C25H23FN2O3/c26-19-5-7-20(8-6-19)30-16-21-9-10-24(31-21)25(29)28-13-11-17(12-14-28)23-15-18-3-1-2-4-22(18)27-23/h1-10,15,17,27H,11-14,16H2. The van der Waals surface area contributed by atoms with Gasteiger partial charge in [0.25, 0.3) is 5.91 Å². The van der Waals surface area contributed by atoms with E-state index in [0.29, 0.717) is 36.3 Å². The van der Waals surface area contributed by atoms with Crippen molar-refractivity contribution in [3.8, 4) is 5.75 Å². The average Bonchev–Trinajstić information content (AvgIpc) is 3.45. The van der Waals surface area contributed by atoms with Crippen LogP contribution >= 0.6 is 0 Å². The van der Waals surface area contributed by atoms with Gasteiger partial charge in [0, 0.05) is 30.2 Å². The van der Waals surface area contributed by atoms with Crippen LogP contribution in [0, 0.1) is 5.82 Å². The third-order valence-electron chi connectivity index (χ3n) is 5.84. The molecule has 1 amide bonds. The summed E-state index contributed by atoms with van der Waals surface area (Å²) in [5.41, 5.74) is 2.40. The van der Waals surface area contributed by atoms with Crippen molar-refractivity contribution in [3.63, 3.8) is 0 Å². The third kappa shape index (κ3) is 4.19. The van der Waals surface area contributed by atoms with Crippen LogP contribution in [0.2, 0.25) is 0 Å². The maximum atomic E-state index is 13.0. The molecule has 0 radical (unpaired) electrons. The van der Waals surface area contributed by atoms with Gasteiger partial charge in [0.2, 0.25) is 0 Å². The Morgan fingerprint density at radius 2 is 1.84 bits per heavy atom. The van der Waals surface area contributed by atoms with E-state index >= 15 is 0 Å². The van der Waals surface area contributed by atoms with E-state index < -0.39 is 0 Å². The second-order valence-corrected chi connectivity index (χ2v) is 7.89. The predicted molar refractivity (Wildman–Crippen MR) is 116 cm³/mol. The molecule has 158 valence electrons. The van der Waals surface area contributed by atoms with Gasteiger partial charge in [-0.25, -0.2) is 4.39 Å². The van der Waals surface area contributed by atoms with Gasteiger partial charge in [-0.1, -0.05) is 18.2 Å². The van der Waals surface area contributed by atoms with E-state index in [-0.39, 0.29) is 18.3 Å². The molecule has 0 saturated carbocycles. The molecule has 2 aromatic carbocycles. The number of ether oxygens (including phenoxy) is 1. The topological polar surface area (TPSA) is 58.5 Å². The Hall–Kier alpha value is -3.54. The van der Waals surface area contributed by atoms with Gasteiger partial charge in [-0.3, -0.25) is 4.79 Å². The molecule has 3 heterocycles. The zero-order chi connectivity index (χ0) is 21.2. The number of hydrogen-bond acceptors (Lipinski definition) is 3. The number of para-hydroxylation sites is 1. The van der Waals surface area contributed by atoms with Crippen LogP contribution in [-0.4, -0.2) is 28.9 Å². The summed E-state index contributed by atoms with van der Waals surface area (Å²) in [5, 5.41) is 1.22. The number of nitrogens with one attached hydrogen (secondary N) is 1. The first-order valence-corrected chi connectivity index (χ1v) is 10.5. The molecule has 1 aliphatic heterocycles. The lowest BCUT2D eigenvalue weighted by Gasteiger charge is -2.31. The fourth-order valence-electron chi connectivity index (χ4n) is 4.12. The molecule has 0 atom stereocenters. The first kappa shape index (κ1) is 19.4. The predicted octanol–water partition coefficient (Wildman–Crippen LogP) is 5.50. The molecule has 5 nitrogen and oxygen atoms in total. The van der Waals surface area contributed by atoms with Crippen LogP contribution in [0.1, 0.15) is 40.8 Å². The number of aromatic amines is 1. The maximum absolute atomic E-state index is 13.0. The van der Waals surface area contributed by atoms with Crippen LogP contribution < -0.4 is 4.74 Å². The van der Waals surface area contributed by atoms with E-state index in [4.69, 9.17) is 9.15 Å². The average molecular weight is 418 g/mol. The number of amides is 1. The molecule has 0 spiro atoms. The Kier molecular flexibility index (Phi) is 5.20. The number of likely N-dealkylation sites (tertiary alicyclic amines) is 1. The summed E-state index contributed by atoms with van der Waals surface area (Å²) in [7, 11) is 0. The zero-order valence-electron chi connectivity index (χ0n) is 17.0. The highest BCUT2D eigenvalue weighted by Gasteiger charge is 2.27. The summed E-state index contributed by atoms with van der Waals surface area (Å²) < 4.78 is 24.3. The van der Waals surface area contributed by atoms with E-state index in [2.05, 4.69) is 23.2 Å². The number of carbonyl (C=O) groups is 1.